The normalized spacial score (nSPS) is 25.8. The maximum atomic E-state index is 9.94. The zero-order valence-corrected chi connectivity index (χ0v) is 11.1. The summed E-state index contributed by atoms with van der Waals surface area (Å²) in [5.41, 5.74) is 0. The number of rotatable bonds is 7. The second-order valence-corrected chi connectivity index (χ2v) is 4.88. The SMILES string of the molecule is CCC(CC)N(CCO)CC1COCCC1O. The minimum atomic E-state index is -0.251. The zero-order valence-electron chi connectivity index (χ0n) is 11.1. The largest absolute Gasteiger partial charge is 0.395 e. The van der Waals surface area contributed by atoms with E-state index in [1.807, 2.05) is 0 Å². The highest BCUT2D eigenvalue weighted by atomic mass is 16.5. The molecule has 0 bridgehead atoms. The highest BCUT2D eigenvalue weighted by molar-refractivity contribution is 4.79. The minimum Gasteiger partial charge on any atom is -0.395 e. The molecule has 1 rings (SSSR count). The molecule has 0 amide bonds. The van der Waals surface area contributed by atoms with E-state index in [-0.39, 0.29) is 18.6 Å². The van der Waals surface area contributed by atoms with Crippen LogP contribution in [0.1, 0.15) is 33.1 Å². The Morgan fingerprint density at radius 3 is 2.59 bits per heavy atom. The van der Waals surface area contributed by atoms with Crippen LogP contribution >= 0.6 is 0 Å². The average molecular weight is 245 g/mol. The molecule has 4 heteroatoms. The molecule has 102 valence electrons. The summed E-state index contributed by atoms with van der Waals surface area (Å²) in [7, 11) is 0. The first kappa shape index (κ1) is 14.9. The Labute approximate surface area is 105 Å². The van der Waals surface area contributed by atoms with Gasteiger partial charge in [0.15, 0.2) is 0 Å². The van der Waals surface area contributed by atoms with E-state index in [1.54, 1.807) is 0 Å². The van der Waals surface area contributed by atoms with Gasteiger partial charge in [0.25, 0.3) is 0 Å². The first-order chi connectivity index (χ1) is 8.22. The summed E-state index contributed by atoms with van der Waals surface area (Å²) in [5.74, 6) is 0.191. The van der Waals surface area contributed by atoms with Crippen molar-refractivity contribution in [2.75, 3.05) is 32.9 Å². The lowest BCUT2D eigenvalue weighted by atomic mass is 9.96. The van der Waals surface area contributed by atoms with E-state index < -0.39 is 0 Å². The van der Waals surface area contributed by atoms with E-state index in [9.17, 15) is 5.11 Å². The molecule has 0 saturated carbocycles. The van der Waals surface area contributed by atoms with Gasteiger partial charge in [0.1, 0.15) is 0 Å². The zero-order chi connectivity index (χ0) is 12.7. The topological polar surface area (TPSA) is 52.9 Å². The van der Waals surface area contributed by atoms with Crippen molar-refractivity contribution in [2.45, 2.75) is 45.3 Å². The number of aliphatic hydroxyl groups is 2. The molecule has 2 N–H and O–H groups in total. The van der Waals surface area contributed by atoms with Gasteiger partial charge in [0.2, 0.25) is 0 Å². The lowest BCUT2D eigenvalue weighted by Crippen LogP contribution is -2.45. The van der Waals surface area contributed by atoms with Crippen LogP contribution in [0.3, 0.4) is 0 Å². The van der Waals surface area contributed by atoms with Gasteiger partial charge in [-0.05, 0) is 19.3 Å². The number of ether oxygens (including phenoxy) is 1. The molecule has 4 nitrogen and oxygen atoms in total. The molecule has 0 spiro atoms. The van der Waals surface area contributed by atoms with Crippen molar-refractivity contribution in [3.8, 4) is 0 Å². The van der Waals surface area contributed by atoms with Crippen molar-refractivity contribution in [3.63, 3.8) is 0 Å². The molecule has 1 fully saturated rings. The molecule has 17 heavy (non-hydrogen) atoms. The second kappa shape index (κ2) is 8.03. The fourth-order valence-corrected chi connectivity index (χ4v) is 2.62. The molecule has 0 radical (unpaired) electrons. The van der Waals surface area contributed by atoms with Crippen LogP contribution in [0.5, 0.6) is 0 Å². The molecular formula is C13H27NO3. The standard InChI is InChI=1S/C13H27NO3/c1-3-12(4-2)14(6-7-15)9-11-10-17-8-5-13(11)16/h11-13,15-16H,3-10H2,1-2H3. The van der Waals surface area contributed by atoms with E-state index in [4.69, 9.17) is 9.84 Å². The molecule has 1 saturated heterocycles. The van der Waals surface area contributed by atoms with Crippen molar-refractivity contribution < 1.29 is 14.9 Å². The molecule has 0 aliphatic carbocycles. The van der Waals surface area contributed by atoms with E-state index in [0.29, 0.717) is 25.8 Å². The molecule has 0 aromatic rings. The van der Waals surface area contributed by atoms with Crippen molar-refractivity contribution in [1.82, 2.24) is 4.90 Å². The molecule has 0 aromatic carbocycles. The summed E-state index contributed by atoms with van der Waals surface area (Å²) in [6, 6.07) is 0.497. The number of hydrogen-bond donors (Lipinski definition) is 2. The summed E-state index contributed by atoms with van der Waals surface area (Å²) in [4.78, 5) is 2.29. The van der Waals surface area contributed by atoms with Crippen molar-refractivity contribution in [3.05, 3.63) is 0 Å². The molecule has 2 atom stereocenters. The van der Waals surface area contributed by atoms with Crippen LogP contribution in [0.15, 0.2) is 0 Å². The van der Waals surface area contributed by atoms with Gasteiger partial charge in [-0.25, -0.2) is 0 Å². The van der Waals surface area contributed by atoms with Gasteiger partial charge < -0.3 is 14.9 Å². The van der Waals surface area contributed by atoms with Crippen LogP contribution in [0.2, 0.25) is 0 Å². The van der Waals surface area contributed by atoms with Gasteiger partial charge in [-0.1, -0.05) is 13.8 Å². The third-order valence-corrected chi connectivity index (χ3v) is 3.75. The van der Waals surface area contributed by atoms with Crippen molar-refractivity contribution >= 4 is 0 Å². The van der Waals surface area contributed by atoms with Crippen LogP contribution in [-0.2, 0) is 4.74 Å². The lowest BCUT2D eigenvalue weighted by molar-refractivity contribution is -0.0523. The fourth-order valence-electron chi connectivity index (χ4n) is 2.62. The van der Waals surface area contributed by atoms with E-state index in [0.717, 1.165) is 25.8 Å². The lowest BCUT2D eigenvalue weighted by Gasteiger charge is -2.36. The summed E-state index contributed by atoms with van der Waals surface area (Å²) >= 11 is 0. The van der Waals surface area contributed by atoms with Crippen molar-refractivity contribution in [2.24, 2.45) is 5.92 Å². The second-order valence-electron chi connectivity index (χ2n) is 4.88. The summed E-state index contributed by atoms with van der Waals surface area (Å²) in [5, 5.41) is 19.1. The van der Waals surface area contributed by atoms with Gasteiger partial charge in [-0.2, -0.15) is 0 Å². The van der Waals surface area contributed by atoms with Gasteiger partial charge in [0.05, 0.1) is 19.3 Å². The maximum Gasteiger partial charge on any atom is 0.0624 e. The minimum absolute atomic E-state index is 0.181. The molecule has 1 aliphatic rings. The Kier molecular flexibility index (Phi) is 7.04. The summed E-state index contributed by atoms with van der Waals surface area (Å²) < 4.78 is 5.43. The Balaban J connectivity index is 2.51. The molecule has 1 heterocycles. The average Bonchev–Trinajstić information content (AvgIpc) is 2.34. The Morgan fingerprint density at radius 1 is 1.35 bits per heavy atom. The molecular weight excluding hydrogens is 218 g/mol. The summed E-state index contributed by atoms with van der Waals surface area (Å²) in [6.07, 6.45) is 2.65. The predicted molar refractivity (Wildman–Crippen MR) is 68.0 cm³/mol. The van der Waals surface area contributed by atoms with Gasteiger partial charge in [0, 0.05) is 31.7 Å². The molecule has 2 unspecified atom stereocenters. The molecule has 1 aliphatic heterocycles. The van der Waals surface area contributed by atoms with Gasteiger partial charge >= 0.3 is 0 Å². The predicted octanol–water partition coefficient (Wildman–Crippen LogP) is 0.867. The third-order valence-electron chi connectivity index (χ3n) is 3.75. The first-order valence-electron chi connectivity index (χ1n) is 6.83. The highest BCUT2D eigenvalue weighted by Gasteiger charge is 2.27. The Hall–Kier alpha value is -0.160. The smallest absolute Gasteiger partial charge is 0.0624 e. The number of nitrogens with zero attached hydrogens (tertiary/aromatic N) is 1. The quantitative estimate of drug-likeness (QED) is 0.699. The monoisotopic (exact) mass is 245 g/mol. The van der Waals surface area contributed by atoms with Crippen LogP contribution in [0, 0.1) is 5.92 Å². The highest BCUT2D eigenvalue weighted by Crippen LogP contribution is 2.18. The van der Waals surface area contributed by atoms with Crippen LogP contribution < -0.4 is 0 Å². The van der Waals surface area contributed by atoms with Crippen molar-refractivity contribution in [1.29, 1.82) is 0 Å². The van der Waals surface area contributed by atoms with Gasteiger partial charge in [-0.15, -0.1) is 0 Å². The third kappa shape index (κ3) is 4.54. The first-order valence-corrected chi connectivity index (χ1v) is 6.83. The number of aliphatic hydroxyl groups excluding tert-OH is 2. The molecule has 0 aromatic heterocycles. The van der Waals surface area contributed by atoms with Crippen LogP contribution in [0.25, 0.3) is 0 Å². The Bertz CT molecular complexity index is 197. The Morgan fingerprint density at radius 2 is 2.06 bits per heavy atom. The van der Waals surface area contributed by atoms with E-state index in [1.165, 1.54) is 0 Å². The van der Waals surface area contributed by atoms with Gasteiger partial charge in [-0.3, -0.25) is 4.90 Å². The van der Waals surface area contributed by atoms with E-state index in [2.05, 4.69) is 18.7 Å². The number of hydrogen-bond acceptors (Lipinski definition) is 4. The van der Waals surface area contributed by atoms with Crippen LogP contribution in [-0.4, -0.2) is 60.2 Å². The summed E-state index contributed by atoms with van der Waals surface area (Å²) in [6.45, 7) is 7.36. The fraction of sp³-hybridized carbons (Fsp3) is 1.00. The maximum absolute atomic E-state index is 9.94. The van der Waals surface area contributed by atoms with E-state index >= 15 is 0 Å². The van der Waals surface area contributed by atoms with Crippen LogP contribution in [0.4, 0.5) is 0 Å².